The van der Waals surface area contributed by atoms with Crippen LogP contribution >= 0.6 is 0 Å². The number of nitrogens with two attached hydrogens (primary N) is 1. The third-order valence-electron chi connectivity index (χ3n) is 4.71. The lowest BCUT2D eigenvalue weighted by Gasteiger charge is -2.41. The summed E-state index contributed by atoms with van der Waals surface area (Å²) in [6.07, 6.45) is -1.79. The third-order valence-corrected chi connectivity index (χ3v) is 4.71. The molecule has 2 N–H and O–H groups in total. The zero-order chi connectivity index (χ0) is 17.2. The summed E-state index contributed by atoms with van der Waals surface area (Å²) in [6, 6.07) is 10.9. The number of anilines is 1. The van der Waals surface area contributed by atoms with Gasteiger partial charge in [0.05, 0.1) is 0 Å². The molecule has 0 spiro atoms. The van der Waals surface area contributed by atoms with Gasteiger partial charge in [0.25, 0.3) is 0 Å². The molecule has 1 aromatic carbocycles. The summed E-state index contributed by atoms with van der Waals surface area (Å²) < 4.78 is 38.4. The van der Waals surface area contributed by atoms with Crippen LogP contribution in [0.3, 0.4) is 0 Å². The highest BCUT2D eigenvalue weighted by Gasteiger charge is 2.37. The zero-order valence-corrected chi connectivity index (χ0v) is 13.1. The molecule has 0 unspecified atom stereocenters. The van der Waals surface area contributed by atoms with Gasteiger partial charge in [-0.1, -0.05) is 30.3 Å². The number of benzene rings is 1. The Morgan fingerprint density at radius 3 is 2.33 bits per heavy atom. The fourth-order valence-corrected chi connectivity index (χ4v) is 3.20. The Bertz CT molecular complexity index is 680. The Labute approximate surface area is 138 Å². The number of rotatable bonds is 3. The summed E-state index contributed by atoms with van der Waals surface area (Å²) in [6.45, 7) is 1.66. The molecule has 1 saturated heterocycles. The largest absolute Gasteiger partial charge is 0.433 e. The molecule has 0 bridgehead atoms. The molecule has 0 saturated carbocycles. The van der Waals surface area contributed by atoms with Crippen molar-refractivity contribution < 1.29 is 13.2 Å². The van der Waals surface area contributed by atoms with Crippen molar-refractivity contribution in [1.82, 2.24) is 9.97 Å². The average Bonchev–Trinajstić information content (AvgIpc) is 2.62. The fourth-order valence-electron chi connectivity index (χ4n) is 3.20. The van der Waals surface area contributed by atoms with Gasteiger partial charge in [0.1, 0.15) is 5.69 Å². The van der Waals surface area contributed by atoms with Crippen LogP contribution in [0.25, 0.3) is 0 Å². The van der Waals surface area contributed by atoms with Crippen molar-refractivity contribution >= 4 is 5.95 Å². The van der Waals surface area contributed by atoms with E-state index in [1.165, 1.54) is 5.56 Å². The van der Waals surface area contributed by atoms with Crippen LogP contribution in [-0.2, 0) is 11.6 Å². The Hall–Kier alpha value is -2.15. The molecule has 0 amide bonds. The lowest BCUT2D eigenvalue weighted by atomic mass is 9.73. The van der Waals surface area contributed by atoms with Crippen molar-refractivity contribution in [2.45, 2.75) is 24.4 Å². The van der Waals surface area contributed by atoms with E-state index < -0.39 is 11.9 Å². The molecule has 2 heterocycles. The lowest BCUT2D eigenvalue weighted by molar-refractivity contribution is -0.141. The number of halogens is 3. The van der Waals surface area contributed by atoms with Crippen molar-refractivity contribution in [2.75, 3.05) is 24.5 Å². The maximum atomic E-state index is 12.8. The molecule has 1 fully saturated rings. The maximum Gasteiger partial charge on any atom is 0.433 e. The molecule has 128 valence electrons. The molecule has 24 heavy (non-hydrogen) atoms. The Kier molecular flexibility index (Phi) is 4.45. The maximum absolute atomic E-state index is 12.8. The minimum absolute atomic E-state index is 0.128. The van der Waals surface area contributed by atoms with E-state index in [0.717, 1.165) is 25.1 Å². The monoisotopic (exact) mass is 336 g/mol. The number of alkyl halides is 3. The number of piperidine rings is 1. The smallest absolute Gasteiger partial charge is 0.341 e. The highest BCUT2D eigenvalue weighted by atomic mass is 19.4. The molecule has 0 aliphatic carbocycles. The summed E-state index contributed by atoms with van der Waals surface area (Å²) in [5.41, 5.74) is 6.16. The first kappa shape index (κ1) is 16.7. The van der Waals surface area contributed by atoms with Crippen molar-refractivity contribution in [3.63, 3.8) is 0 Å². The van der Waals surface area contributed by atoms with Gasteiger partial charge in [0, 0.05) is 31.2 Å². The van der Waals surface area contributed by atoms with Gasteiger partial charge in [0.2, 0.25) is 5.95 Å². The average molecular weight is 336 g/mol. The highest BCUT2D eigenvalue weighted by Crippen LogP contribution is 2.36. The predicted octanol–water partition coefficient (Wildman–Crippen LogP) is 2.99. The molecule has 2 aromatic rings. The van der Waals surface area contributed by atoms with Gasteiger partial charge in [-0.25, -0.2) is 9.97 Å². The first-order chi connectivity index (χ1) is 11.4. The van der Waals surface area contributed by atoms with E-state index in [-0.39, 0.29) is 11.4 Å². The minimum Gasteiger partial charge on any atom is -0.341 e. The fraction of sp³-hybridized carbons (Fsp3) is 0.412. The van der Waals surface area contributed by atoms with E-state index in [9.17, 15) is 13.2 Å². The van der Waals surface area contributed by atoms with Gasteiger partial charge in [-0.2, -0.15) is 13.2 Å². The first-order valence-corrected chi connectivity index (χ1v) is 7.85. The second kappa shape index (κ2) is 6.39. The first-order valence-electron chi connectivity index (χ1n) is 7.85. The standard InChI is InChI=1S/C17H19F3N4/c18-17(19,20)14-6-9-22-15(23-14)24-10-7-16(12-21,8-11-24)13-4-2-1-3-5-13/h1-6,9H,7-8,10-12,21H2. The van der Waals surface area contributed by atoms with Crippen molar-refractivity contribution in [1.29, 1.82) is 0 Å². The van der Waals surface area contributed by atoms with Crippen LogP contribution in [0.2, 0.25) is 0 Å². The van der Waals surface area contributed by atoms with E-state index in [0.29, 0.717) is 19.6 Å². The molecule has 1 aliphatic rings. The lowest BCUT2D eigenvalue weighted by Crippen LogP contribution is -2.47. The van der Waals surface area contributed by atoms with Crippen LogP contribution in [0.1, 0.15) is 24.1 Å². The third kappa shape index (κ3) is 3.21. The quantitative estimate of drug-likeness (QED) is 0.936. The van der Waals surface area contributed by atoms with Crippen LogP contribution in [-0.4, -0.2) is 29.6 Å². The van der Waals surface area contributed by atoms with E-state index in [2.05, 4.69) is 22.1 Å². The molecule has 3 rings (SSSR count). The van der Waals surface area contributed by atoms with Gasteiger partial charge in [0.15, 0.2) is 0 Å². The molecule has 0 atom stereocenters. The summed E-state index contributed by atoms with van der Waals surface area (Å²) in [4.78, 5) is 9.48. The summed E-state index contributed by atoms with van der Waals surface area (Å²) in [5, 5.41) is 0. The van der Waals surface area contributed by atoms with Gasteiger partial charge >= 0.3 is 6.18 Å². The zero-order valence-electron chi connectivity index (χ0n) is 13.1. The van der Waals surface area contributed by atoms with Crippen LogP contribution in [0.4, 0.5) is 19.1 Å². The van der Waals surface area contributed by atoms with E-state index in [1.54, 1.807) is 4.90 Å². The molecule has 1 aliphatic heterocycles. The Balaban J connectivity index is 1.78. The molecule has 7 heteroatoms. The number of hydrogen-bond donors (Lipinski definition) is 1. The van der Waals surface area contributed by atoms with E-state index in [1.807, 2.05) is 18.2 Å². The predicted molar refractivity (Wildman–Crippen MR) is 85.7 cm³/mol. The topological polar surface area (TPSA) is 55.0 Å². The second-order valence-corrected chi connectivity index (χ2v) is 6.08. The van der Waals surface area contributed by atoms with Crippen LogP contribution in [0.5, 0.6) is 0 Å². The van der Waals surface area contributed by atoms with Gasteiger partial charge in [-0.3, -0.25) is 0 Å². The minimum atomic E-state index is -4.46. The second-order valence-electron chi connectivity index (χ2n) is 6.08. The van der Waals surface area contributed by atoms with Gasteiger partial charge < -0.3 is 10.6 Å². The van der Waals surface area contributed by atoms with Crippen LogP contribution < -0.4 is 10.6 Å². The molecule has 0 radical (unpaired) electrons. The van der Waals surface area contributed by atoms with Crippen molar-refractivity contribution in [3.8, 4) is 0 Å². The molecular formula is C17H19F3N4. The molecular weight excluding hydrogens is 317 g/mol. The summed E-state index contributed by atoms with van der Waals surface area (Å²) >= 11 is 0. The Morgan fingerprint density at radius 1 is 1.08 bits per heavy atom. The number of nitrogens with zero attached hydrogens (tertiary/aromatic N) is 3. The Morgan fingerprint density at radius 2 is 1.75 bits per heavy atom. The van der Waals surface area contributed by atoms with Crippen LogP contribution in [0, 0.1) is 0 Å². The summed E-state index contributed by atoms with van der Waals surface area (Å²) in [5.74, 6) is 0.128. The van der Waals surface area contributed by atoms with E-state index >= 15 is 0 Å². The van der Waals surface area contributed by atoms with E-state index in [4.69, 9.17) is 5.73 Å². The number of aromatic nitrogens is 2. The molecule has 1 aromatic heterocycles. The van der Waals surface area contributed by atoms with Crippen molar-refractivity contribution in [3.05, 3.63) is 53.9 Å². The highest BCUT2D eigenvalue weighted by molar-refractivity contribution is 5.35. The summed E-state index contributed by atoms with van der Waals surface area (Å²) in [7, 11) is 0. The normalized spacial score (nSPS) is 17.8. The molecule has 4 nitrogen and oxygen atoms in total. The van der Waals surface area contributed by atoms with Crippen molar-refractivity contribution in [2.24, 2.45) is 5.73 Å². The van der Waals surface area contributed by atoms with Gasteiger partial charge in [-0.15, -0.1) is 0 Å². The number of hydrogen-bond acceptors (Lipinski definition) is 4. The van der Waals surface area contributed by atoms with Crippen LogP contribution in [0.15, 0.2) is 42.6 Å². The van der Waals surface area contributed by atoms with Gasteiger partial charge in [-0.05, 0) is 24.5 Å². The SMILES string of the molecule is NCC1(c2ccccc2)CCN(c2nccc(C(F)(F)F)n2)CC1.